The average Bonchev–Trinajstić information content (AvgIpc) is 2.87. The second-order valence-corrected chi connectivity index (χ2v) is 8.42. The summed E-state index contributed by atoms with van der Waals surface area (Å²) in [5.74, 6) is 0.704. The lowest BCUT2D eigenvalue weighted by Gasteiger charge is -2.31. The van der Waals surface area contributed by atoms with Crippen LogP contribution in [-0.2, 0) is 4.79 Å². The van der Waals surface area contributed by atoms with Crippen LogP contribution in [0.5, 0.6) is 11.5 Å². The zero-order chi connectivity index (χ0) is 24.2. The molecule has 0 spiro atoms. The molecule has 0 radical (unpaired) electrons. The van der Waals surface area contributed by atoms with Gasteiger partial charge in [0.1, 0.15) is 17.2 Å². The van der Waals surface area contributed by atoms with E-state index in [0.717, 1.165) is 17.5 Å². The number of piperidine rings is 1. The molecule has 9 heteroatoms. The number of likely N-dealkylation sites (tertiary alicyclic amines) is 1. The van der Waals surface area contributed by atoms with Crippen LogP contribution in [0.1, 0.15) is 30.3 Å². The van der Waals surface area contributed by atoms with Crippen molar-refractivity contribution in [3.8, 4) is 17.2 Å². The fraction of sp³-hybridized carbons (Fsp3) is 0.360. The lowest BCUT2D eigenvalue weighted by molar-refractivity contribution is -0.131. The molecule has 1 aliphatic heterocycles. The number of aromatic nitrogens is 2. The van der Waals surface area contributed by atoms with Gasteiger partial charge in [-0.25, -0.2) is 0 Å². The van der Waals surface area contributed by atoms with E-state index in [2.05, 4.69) is 17.3 Å². The van der Waals surface area contributed by atoms with Gasteiger partial charge in [-0.1, -0.05) is 25.1 Å². The summed E-state index contributed by atoms with van der Waals surface area (Å²) < 4.78 is 11.8. The first-order valence-electron chi connectivity index (χ1n) is 11.2. The number of rotatable bonds is 6. The molecule has 178 valence electrons. The van der Waals surface area contributed by atoms with Crippen LogP contribution in [0.25, 0.3) is 16.5 Å². The SMILES string of the molecule is COc1ccc(-n2nc(C(=O)NCC(=O)N3CCC[C@@H](C)C3)c3ccccc3c2=O)c(OC)c1. The summed E-state index contributed by atoms with van der Waals surface area (Å²) in [7, 11) is 3.01. The van der Waals surface area contributed by atoms with Gasteiger partial charge in [0.05, 0.1) is 26.2 Å². The fourth-order valence-corrected chi connectivity index (χ4v) is 4.25. The van der Waals surface area contributed by atoms with Gasteiger partial charge in [0.15, 0.2) is 5.69 Å². The van der Waals surface area contributed by atoms with E-state index in [1.54, 1.807) is 47.4 Å². The van der Waals surface area contributed by atoms with Crippen molar-refractivity contribution >= 4 is 22.6 Å². The number of hydrogen-bond donors (Lipinski definition) is 1. The van der Waals surface area contributed by atoms with Crippen LogP contribution in [-0.4, -0.2) is 60.3 Å². The van der Waals surface area contributed by atoms with Gasteiger partial charge in [-0.15, -0.1) is 0 Å². The predicted molar refractivity (Wildman–Crippen MR) is 128 cm³/mol. The number of methoxy groups -OCH3 is 2. The molecule has 1 fully saturated rings. The van der Waals surface area contributed by atoms with Crippen molar-refractivity contribution in [3.63, 3.8) is 0 Å². The molecule has 1 atom stereocenters. The lowest BCUT2D eigenvalue weighted by atomic mass is 10.0. The van der Waals surface area contributed by atoms with Gasteiger partial charge in [0.2, 0.25) is 5.91 Å². The summed E-state index contributed by atoms with van der Waals surface area (Å²) in [5, 5.41) is 7.81. The lowest BCUT2D eigenvalue weighted by Crippen LogP contribution is -2.44. The summed E-state index contributed by atoms with van der Waals surface area (Å²) in [6.07, 6.45) is 2.06. The smallest absolute Gasteiger partial charge is 0.279 e. The molecule has 0 unspecified atom stereocenters. The molecule has 2 aromatic carbocycles. The third kappa shape index (κ3) is 4.59. The normalized spacial score (nSPS) is 15.7. The zero-order valence-electron chi connectivity index (χ0n) is 19.5. The standard InChI is InChI=1S/C25H28N4O5/c1-16-7-6-12-28(15-16)22(30)14-26-24(31)23-18-8-4-5-9-19(18)25(32)29(27-23)20-11-10-17(33-2)13-21(20)34-3/h4-5,8-11,13,16H,6-7,12,14-15H2,1-3H3,(H,26,31)/t16-/m1/s1. The molecule has 0 bridgehead atoms. The molecule has 1 aromatic heterocycles. The summed E-state index contributed by atoms with van der Waals surface area (Å²) in [6.45, 7) is 3.37. The first-order valence-corrected chi connectivity index (χ1v) is 11.2. The number of hydrogen-bond acceptors (Lipinski definition) is 6. The molecular weight excluding hydrogens is 436 g/mol. The first kappa shape index (κ1) is 23.3. The molecule has 2 amide bonds. The van der Waals surface area contributed by atoms with Crippen molar-refractivity contribution in [1.82, 2.24) is 20.0 Å². The maximum atomic E-state index is 13.3. The molecule has 4 rings (SSSR count). The number of benzene rings is 2. The summed E-state index contributed by atoms with van der Waals surface area (Å²) in [6, 6.07) is 11.7. The highest BCUT2D eigenvalue weighted by Crippen LogP contribution is 2.27. The molecule has 2 heterocycles. The number of nitrogens with zero attached hydrogens (tertiary/aromatic N) is 3. The van der Waals surface area contributed by atoms with Gasteiger partial charge in [-0.3, -0.25) is 14.4 Å². The van der Waals surface area contributed by atoms with Crippen LogP contribution >= 0.6 is 0 Å². The van der Waals surface area contributed by atoms with Crippen molar-refractivity contribution in [2.45, 2.75) is 19.8 Å². The number of fused-ring (bicyclic) bond motifs is 1. The molecule has 9 nitrogen and oxygen atoms in total. The van der Waals surface area contributed by atoms with Crippen LogP contribution in [0.3, 0.4) is 0 Å². The van der Waals surface area contributed by atoms with Gasteiger partial charge < -0.3 is 19.7 Å². The van der Waals surface area contributed by atoms with Crippen molar-refractivity contribution in [3.05, 3.63) is 58.5 Å². The largest absolute Gasteiger partial charge is 0.497 e. The second kappa shape index (κ2) is 9.94. The minimum atomic E-state index is -0.532. The van der Waals surface area contributed by atoms with Gasteiger partial charge in [-0.2, -0.15) is 9.78 Å². The van der Waals surface area contributed by atoms with Gasteiger partial charge in [0.25, 0.3) is 11.5 Å². The maximum Gasteiger partial charge on any atom is 0.279 e. The summed E-state index contributed by atoms with van der Waals surface area (Å²) >= 11 is 0. The Hall–Kier alpha value is -3.88. The predicted octanol–water partition coefficient (Wildman–Crippen LogP) is 2.39. The Morgan fingerprint density at radius 2 is 1.88 bits per heavy atom. The minimum absolute atomic E-state index is 0.0490. The number of carbonyl (C=O) groups is 2. The van der Waals surface area contributed by atoms with Crippen LogP contribution in [0.15, 0.2) is 47.3 Å². The molecule has 1 N–H and O–H groups in total. The van der Waals surface area contributed by atoms with Crippen LogP contribution in [0.4, 0.5) is 0 Å². The molecule has 3 aromatic rings. The Bertz CT molecular complexity index is 1290. The van der Waals surface area contributed by atoms with Crippen molar-refractivity contribution < 1.29 is 19.1 Å². The zero-order valence-corrected chi connectivity index (χ0v) is 19.5. The fourth-order valence-electron chi connectivity index (χ4n) is 4.25. The number of nitrogens with one attached hydrogen (secondary N) is 1. The molecule has 0 saturated carbocycles. The maximum absolute atomic E-state index is 13.3. The molecule has 1 aliphatic rings. The molecule has 34 heavy (non-hydrogen) atoms. The number of carbonyl (C=O) groups excluding carboxylic acids is 2. The third-order valence-corrected chi connectivity index (χ3v) is 6.05. The van der Waals surface area contributed by atoms with E-state index in [-0.39, 0.29) is 18.1 Å². The molecule has 0 aliphatic carbocycles. The Morgan fingerprint density at radius 1 is 1.12 bits per heavy atom. The van der Waals surface area contributed by atoms with E-state index in [1.165, 1.54) is 14.2 Å². The average molecular weight is 465 g/mol. The Labute approximate surface area is 197 Å². The van der Waals surface area contributed by atoms with E-state index < -0.39 is 11.5 Å². The monoisotopic (exact) mass is 464 g/mol. The minimum Gasteiger partial charge on any atom is -0.497 e. The van der Waals surface area contributed by atoms with Gasteiger partial charge in [-0.05, 0) is 37.0 Å². The van der Waals surface area contributed by atoms with E-state index in [0.29, 0.717) is 47.0 Å². The van der Waals surface area contributed by atoms with E-state index in [1.807, 2.05) is 0 Å². The quantitative estimate of drug-likeness (QED) is 0.601. The highest BCUT2D eigenvalue weighted by atomic mass is 16.5. The summed E-state index contributed by atoms with van der Waals surface area (Å²) in [4.78, 5) is 40.8. The van der Waals surface area contributed by atoms with E-state index in [4.69, 9.17) is 9.47 Å². The van der Waals surface area contributed by atoms with E-state index >= 15 is 0 Å². The van der Waals surface area contributed by atoms with Gasteiger partial charge in [0, 0.05) is 24.5 Å². The number of ether oxygens (including phenoxy) is 2. The van der Waals surface area contributed by atoms with E-state index in [9.17, 15) is 14.4 Å². The topological polar surface area (TPSA) is 103 Å². The first-order chi connectivity index (χ1) is 16.4. The summed E-state index contributed by atoms with van der Waals surface area (Å²) in [5.41, 5.74) is 0.0216. The van der Waals surface area contributed by atoms with Crippen LogP contribution in [0, 0.1) is 5.92 Å². The Balaban J connectivity index is 1.69. The van der Waals surface area contributed by atoms with Crippen LogP contribution < -0.4 is 20.3 Å². The number of amides is 2. The Morgan fingerprint density at radius 3 is 2.59 bits per heavy atom. The van der Waals surface area contributed by atoms with Crippen molar-refractivity contribution in [1.29, 1.82) is 0 Å². The third-order valence-electron chi connectivity index (χ3n) is 6.05. The second-order valence-electron chi connectivity index (χ2n) is 8.42. The molecular formula is C25H28N4O5. The van der Waals surface area contributed by atoms with Crippen LogP contribution in [0.2, 0.25) is 0 Å². The van der Waals surface area contributed by atoms with Gasteiger partial charge >= 0.3 is 0 Å². The highest BCUT2D eigenvalue weighted by molar-refractivity contribution is 6.05. The highest BCUT2D eigenvalue weighted by Gasteiger charge is 2.23. The Kier molecular flexibility index (Phi) is 6.81. The van der Waals surface area contributed by atoms with Crippen molar-refractivity contribution in [2.24, 2.45) is 5.92 Å². The molecule has 1 saturated heterocycles. The van der Waals surface area contributed by atoms with Crippen molar-refractivity contribution in [2.75, 3.05) is 33.9 Å².